The van der Waals surface area contributed by atoms with Crippen molar-refractivity contribution in [2.24, 2.45) is 0 Å². The summed E-state index contributed by atoms with van der Waals surface area (Å²) >= 11 is 3.38. The highest BCUT2D eigenvalue weighted by Crippen LogP contribution is 2.33. The summed E-state index contributed by atoms with van der Waals surface area (Å²) in [6.45, 7) is 0. The van der Waals surface area contributed by atoms with E-state index in [1.807, 2.05) is 12.1 Å². The van der Waals surface area contributed by atoms with Crippen molar-refractivity contribution >= 4 is 26.2 Å². The maximum Gasteiger partial charge on any atom is 0.384 e. The van der Waals surface area contributed by atoms with Crippen LogP contribution in [-0.4, -0.2) is 41.6 Å². The molecular formula is C18H16BrN5O3S. The van der Waals surface area contributed by atoms with Crippen LogP contribution in [0.2, 0.25) is 0 Å². The van der Waals surface area contributed by atoms with Crippen molar-refractivity contribution in [3.05, 3.63) is 76.3 Å². The van der Waals surface area contributed by atoms with Crippen LogP contribution in [0, 0.1) is 11.3 Å². The van der Waals surface area contributed by atoms with Crippen molar-refractivity contribution in [1.82, 2.24) is 19.1 Å². The molecule has 8 nitrogen and oxygen atoms in total. The van der Waals surface area contributed by atoms with E-state index in [4.69, 9.17) is 9.44 Å². The van der Waals surface area contributed by atoms with Gasteiger partial charge in [0.05, 0.1) is 16.1 Å². The highest BCUT2D eigenvalue weighted by Gasteiger charge is 2.21. The SMILES string of the molecule is CN(C)S(=O)(=O)Oc1ccc(C(c2ccc(C#N)cc2)n2cncn2)cc1Br. The number of nitrogens with zero attached hydrogens (tertiary/aromatic N) is 5. The number of aromatic nitrogens is 3. The van der Waals surface area contributed by atoms with Gasteiger partial charge < -0.3 is 4.18 Å². The van der Waals surface area contributed by atoms with Gasteiger partial charge in [-0.3, -0.25) is 0 Å². The van der Waals surface area contributed by atoms with E-state index in [9.17, 15) is 8.42 Å². The van der Waals surface area contributed by atoms with Crippen molar-refractivity contribution in [2.75, 3.05) is 14.1 Å². The Morgan fingerprint density at radius 3 is 2.39 bits per heavy atom. The molecule has 2 aromatic carbocycles. The zero-order chi connectivity index (χ0) is 20.3. The molecule has 0 radical (unpaired) electrons. The van der Waals surface area contributed by atoms with Crippen molar-refractivity contribution in [2.45, 2.75) is 6.04 Å². The lowest BCUT2D eigenvalue weighted by Gasteiger charge is -2.20. The largest absolute Gasteiger partial charge is 0.384 e. The van der Waals surface area contributed by atoms with E-state index in [-0.39, 0.29) is 11.8 Å². The summed E-state index contributed by atoms with van der Waals surface area (Å²) in [6, 6.07) is 14.0. The van der Waals surface area contributed by atoms with E-state index < -0.39 is 10.3 Å². The Balaban J connectivity index is 2.02. The third-order valence-corrected chi connectivity index (χ3v) is 5.87. The molecule has 1 heterocycles. The molecule has 3 rings (SSSR count). The summed E-state index contributed by atoms with van der Waals surface area (Å²) in [4.78, 5) is 4.01. The van der Waals surface area contributed by atoms with Crippen LogP contribution in [0.15, 0.2) is 59.6 Å². The third-order valence-electron chi connectivity index (χ3n) is 3.97. The van der Waals surface area contributed by atoms with Crippen molar-refractivity contribution in [1.29, 1.82) is 5.26 Å². The van der Waals surface area contributed by atoms with Crippen LogP contribution >= 0.6 is 15.9 Å². The zero-order valence-corrected chi connectivity index (χ0v) is 17.4. The fourth-order valence-corrected chi connectivity index (χ4v) is 3.64. The smallest absolute Gasteiger partial charge is 0.370 e. The molecule has 0 saturated heterocycles. The lowest BCUT2D eigenvalue weighted by atomic mass is 9.98. The molecule has 28 heavy (non-hydrogen) atoms. The third kappa shape index (κ3) is 4.22. The Hall–Kier alpha value is -2.74. The summed E-state index contributed by atoms with van der Waals surface area (Å²) in [5.41, 5.74) is 2.28. The average Bonchev–Trinajstić information content (AvgIpc) is 3.18. The van der Waals surface area contributed by atoms with E-state index in [2.05, 4.69) is 32.1 Å². The molecule has 144 valence electrons. The van der Waals surface area contributed by atoms with Gasteiger partial charge in [0.25, 0.3) is 0 Å². The maximum absolute atomic E-state index is 12.0. The van der Waals surface area contributed by atoms with Gasteiger partial charge in [-0.1, -0.05) is 18.2 Å². The second-order valence-electron chi connectivity index (χ2n) is 6.03. The van der Waals surface area contributed by atoms with E-state index >= 15 is 0 Å². The van der Waals surface area contributed by atoms with Gasteiger partial charge in [0, 0.05) is 14.1 Å². The Labute approximate surface area is 171 Å². The topological polar surface area (TPSA) is 101 Å². The molecular weight excluding hydrogens is 446 g/mol. The van der Waals surface area contributed by atoms with Gasteiger partial charge in [0.2, 0.25) is 0 Å². The Morgan fingerprint density at radius 2 is 1.86 bits per heavy atom. The van der Waals surface area contributed by atoms with Gasteiger partial charge >= 0.3 is 10.3 Å². The number of nitriles is 1. The van der Waals surface area contributed by atoms with Crippen LogP contribution in [0.25, 0.3) is 0 Å². The molecule has 1 aromatic heterocycles. The standard InChI is InChI=1S/C18H16BrN5O3S/c1-23(2)28(25,26)27-17-8-7-15(9-16(17)19)18(24-12-21-11-22-24)14-5-3-13(10-20)4-6-14/h3-9,11-12,18H,1-2H3. The van der Waals surface area contributed by atoms with E-state index in [1.54, 1.807) is 41.3 Å². The molecule has 10 heteroatoms. The minimum absolute atomic E-state index is 0.176. The first-order valence-electron chi connectivity index (χ1n) is 8.07. The van der Waals surface area contributed by atoms with E-state index in [0.29, 0.717) is 10.0 Å². The summed E-state index contributed by atoms with van der Waals surface area (Å²) < 4.78 is 32.2. The molecule has 0 aliphatic rings. The van der Waals surface area contributed by atoms with Crippen molar-refractivity contribution < 1.29 is 12.6 Å². The van der Waals surface area contributed by atoms with Crippen LogP contribution in [0.3, 0.4) is 0 Å². The van der Waals surface area contributed by atoms with Gasteiger partial charge in [-0.2, -0.15) is 23.1 Å². The normalized spacial score (nSPS) is 12.5. The first kappa shape index (κ1) is 20.0. The fraction of sp³-hybridized carbons (Fsp3) is 0.167. The molecule has 0 saturated carbocycles. The number of hydrogen-bond acceptors (Lipinski definition) is 6. The molecule has 0 fully saturated rings. The Bertz CT molecular complexity index is 1110. The van der Waals surface area contributed by atoms with Gasteiger partial charge in [0.15, 0.2) is 5.75 Å². The second-order valence-corrected chi connectivity index (χ2v) is 8.63. The van der Waals surface area contributed by atoms with Gasteiger partial charge in [-0.15, -0.1) is 0 Å². The molecule has 1 unspecified atom stereocenters. The molecule has 0 amide bonds. The molecule has 0 N–H and O–H groups in total. The van der Waals surface area contributed by atoms with Crippen LogP contribution in [0.5, 0.6) is 5.75 Å². The molecule has 0 aliphatic heterocycles. The first-order valence-corrected chi connectivity index (χ1v) is 10.2. The number of benzene rings is 2. The highest BCUT2D eigenvalue weighted by molar-refractivity contribution is 9.10. The van der Waals surface area contributed by atoms with E-state index in [1.165, 1.54) is 20.4 Å². The Kier molecular flexibility index (Phi) is 5.79. The lowest BCUT2D eigenvalue weighted by Crippen LogP contribution is -2.27. The molecule has 0 spiro atoms. The monoisotopic (exact) mass is 461 g/mol. The van der Waals surface area contributed by atoms with Crippen LogP contribution < -0.4 is 4.18 Å². The molecule has 3 aromatic rings. The number of halogens is 1. The highest BCUT2D eigenvalue weighted by atomic mass is 79.9. The maximum atomic E-state index is 12.0. The Morgan fingerprint density at radius 1 is 1.18 bits per heavy atom. The van der Waals surface area contributed by atoms with Crippen LogP contribution in [-0.2, 0) is 10.3 Å². The summed E-state index contributed by atoms with van der Waals surface area (Å²) in [6.07, 6.45) is 3.03. The van der Waals surface area contributed by atoms with Crippen LogP contribution in [0.1, 0.15) is 22.7 Å². The minimum atomic E-state index is -3.86. The lowest BCUT2D eigenvalue weighted by molar-refractivity contribution is 0.420. The molecule has 0 bridgehead atoms. The second kappa shape index (κ2) is 8.10. The first-order chi connectivity index (χ1) is 13.3. The van der Waals surface area contributed by atoms with Crippen molar-refractivity contribution in [3.63, 3.8) is 0 Å². The quantitative estimate of drug-likeness (QED) is 0.559. The zero-order valence-electron chi connectivity index (χ0n) is 15.0. The summed E-state index contributed by atoms with van der Waals surface area (Å²) in [5, 5.41) is 13.3. The molecule has 0 aliphatic carbocycles. The number of rotatable bonds is 6. The predicted molar refractivity (Wildman–Crippen MR) is 106 cm³/mol. The van der Waals surface area contributed by atoms with Gasteiger partial charge in [-0.05, 0) is 51.3 Å². The minimum Gasteiger partial charge on any atom is -0.370 e. The summed E-state index contributed by atoms with van der Waals surface area (Å²) in [5.74, 6) is 0.176. The van der Waals surface area contributed by atoms with Crippen molar-refractivity contribution in [3.8, 4) is 11.8 Å². The van der Waals surface area contributed by atoms with E-state index in [0.717, 1.165) is 15.4 Å². The van der Waals surface area contributed by atoms with Crippen LogP contribution in [0.4, 0.5) is 0 Å². The average molecular weight is 462 g/mol. The number of hydrogen-bond donors (Lipinski definition) is 0. The van der Waals surface area contributed by atoms with Gasteiger partial charge in [-0.25, -0.2) is 9.67 Å². The molecule has 1 atom stereocenters. The van der Waals surface area contributed by atoms with Gasteiger partial charge in [0.1, 0.15) is 18.7 Å². The fourth-order valence-electron chi connectivity index (χ4n) is 2.53. The summed E-state index contributed by atoms with van der Waals surface area (Å²) in [7, 11) is -1.08. The predicted octanol–water partition coefficient (Wildman–Crippen LogP) is 2.74.